The van der Waals surface area contributed by atoms with Gasteiger partial charge in [-0.25, -0.2) is 4.98 Å². The molecule has 0 bridgehead atoms. The number of nitrogens with zero attached hydrogens (tertiary/aromatic N) is 6. The van der Waals surface area contributed by atoms with E-state index in [-0.39, 0.29) is 23.7 Å². The highest BCUT2D eigenvalue weighted by Crippen LogP contribution is 2.46. The van der Waals surface area contributed by atoms with Crippen LogP contribution in [0.25, 0.3) is 0 Å². The average Bonchev–Trinajstić information content (AvgIpc) is 3.18. The van der Waals surface area contributed by atoms with Crippen molar-refractivity contribution >= 4 is 11.8 Å². The van der Waals surface area contributed by atoms with E-state index < -0.39 is 5.41 Å². The standard InChI is InChI=1S/C19H22N6O3/c1-11-5-21-15(6-20-11)17(27)25-8-14-7-24(16(26)13-3-4-13)9-19(14,10-25)18-22-12(2)23-28-18/h5-6,13-14H,3-4,7-10H2,1-2H3. The normalized spacial score (nSPS) is 26.6. The molecule has 3 fully saturated rings. The highest BCUT2D eigenvalue weighted by atomic mass is 16.5. The molecule has 146 valence electrons. The van der Waals surface area contributed by atoms with E-state index >= 15 is 0 Å². The minimum atomic E-state index is -0.514. The summed E-state index contributed by atoms with van der Waals surface area (Å²) in [4.78, 5) is 42.2. The van der Waals surface area contributed by atoms with Gasteiger partial charge in [-0.1, -0.05) is 5.16 Å². The van der Waals surface area contributed by atoms with Crippen molar-refractivity contribution in [2.75, 3.05) is 26.2 Å². The van der Waals surface area contributed by atoms with Crippen LogP contribution in [0.2, 0.25) is 0 Å². The molecule has 2 amide bonds. The Morgan fingerprint density at radius 3 is 2.50 bits per heavy atom. The van der Waals surface area contributed by atoms with Gasteiger partial charge in [-0.3, -0.25) is 14.6 Å². The van der Waals surface area contributed by atoms with Crippen molar-refractivity contribution in [3.63, 3.8) is 0 Å². The molecule has 2 unspecified atom stereocenters. The van der Waals surface area contributed by atoms with E-state index in [1.807, 2.05) is 11.8 Å². The summed E-state index contributed by atoms with van der Waals surface area (Å²) in [7, 11) is 0. The van der Waals surface area contributed by atoms with Crippen molar-refractivity contribution in [2.24, 2.45) is 11.8 Å². The van der Waals surface area contributed by atoms with Gasteiger partial charge in [0.2, 0.25) is 11.8 Å². The molecule has 2 aromatic rings. The van der Waals surface area contributed by atoms with Crippen molar-refractivity contribution in [2.45, 2.75) is 32.1 Å². The maximum Gasteiger partial charge on any atom is 0.274 e. The van der Waals surface area contributed by atoms with Gasteiger partial charge < -0.3 is 14.3 Å². The smallest absolute Gasteiger partial charge is 0.274 e. The Hall–Kier alpha value is -2.84. The van der Waals surface area contributed by atoms with Crippen LogP contribution in [0.5, 0.6) is 0 Å². The number of carbonyl (C=O) groups is 2. The second-order valence-corrected chi connectivity index (χ2v) is 8.22. The summed E-state index contributed by atoms with van der Waals surface area (Å²) in [5.41, 5.74) is 0.579. The van der Waals surface area contributed by atoms with E-state index in [9.17, 15) is 9.59 Å². The minimum absolute atomic E-state index is 0.0670. The summed E-state index contributed by atoms with van der Waals surface area (Å²) in [6, 6.07) is 0. The van der Waals surface area contributed by atoms with E-state index in [2.05, 4.69) is 20.1 Å². The number of fused-ring (bicyclic) bond motifs is 1. The van der Waals surface area contributed by atoms with E-state index in [1.165, 1.54) is 6.20 Å². The number of aromatic nitrogens is 4. The minimum Gasteiger partial charge on any atom is -0.341 e. The van der Waals surface area contributed by atoms with E-state index in [4.69, 9.17) is 4.52 Å². The first-order valence-electron chi connectivity index (χ1n) is 9.64. The molecule has 4 heterocycles. The Labute approximate surface area is 162 Å². The number of hydrogen-bond acceptors (Lipinski definition) is 7. The summed E-state index contributed by atoms with van der Waals surface area (Å²) >= 11 is 0. The number of carbonyl (C=O) groups excluding carboxylic acids is 2. The predicted molar refractivity (Wildman–Crippen MR) is 96.2 cm³/mol. The quantitative estimate of drug-likeness (QED) is 0.771. The highest BCUT2D eigenvalue weighted by molar-refractivity contribution is 5.92. The summed E-state index contributed by atoms with van der Waals surface area (Å²) < 4.78 is 5.54. The molecule has 9 heteroatoms. The van der Waals surface area contributed by atoms with Gasteiger partial charge in [-0.15, -0.1) is 0 Å². The van der Waals surface area contributed by atoms with Crippen LogP contribution in [-0.4, -0.2) is 67.9 Å². The van der Waals surface area contributed by atoms with Gasteiger partial charge in [-0.2, -0.15) is 4.98 Å². The predicted octanol–water partition coefficient (Wildman–Crippen LogP) is 0.739. The lowest BCUT2D eigenvalue weighted by molar-refractivity contribution is -0.131. The van der Waals surface area contributed by atoms with Gasteiger partial charge >= 0.3 is 0 Å². The van der Waals surface area contributed by atoms with Crippen LogP contribution in [0.1, 0.15) is 40.7 Å². The van der Waals surface area contributed by atoms with Crippen LogP contribution in [-0.2, 0) is 10.2 Å². The molecule has 1 aliphatic carbocycles. The van der Waals surface area contributed by atoms with Gasteiger partial charge in [0.1, 0.15) is 5.69 Å². The zero-order valence-corrected chi connectivity index (χ0v) is 16.0. The molecule has 1 saturated carbocycles. The molecule has 0 spiro atoms. The first kappa shape index (κ1) is 17.3. The SMILES string of the molecule is Cc1cnc(C(=O)N2CC3CN(C(=O)C4CC4)CC3(c3nc(C)no3)C2)cn1. The Morgan fingerprint density at radius 1 is 1.11 bits per heavy atom. The highest BCUT2D eigenvalue weighted by Gasteiger charge is 2.59. The first-order chi connectivity index (χ1) is 13.5. The zero-order valence-electron chi connectivity index (χ0n) is 16.0. The summed E-state index contributed by atoms with van der Waals surface area (Å²) in [5, 5.41) is 3.96. The molecule has 0 radical (unpaired) electrons. The van der Waals surface area contributed by atoms with Crippen molar-refractivity contribution in [1.82, 2.24) is 29.9 Å². The Kier molecular flexibility index (Phi) is 3.75. The number of rotatable bonds is 3. The van der Waals surface area contributed by atoms with Crippen LogP contribution in [0.4, 0.5) is 0 Å². The third kappa shape index (κ3) is 2.68. The Morgan fingerprint density at radius 2 is 1.86 bits per heavy atom. The molecule has 2 aromatic heterocycles. The lowest BCUT2D eigenvalue weighted by Gasteiger charge is -2.26. The van der Waals surface area contributed by atoms with E-state index in [0.29, 0.717) is 43.6 Å². The third-order valence-electron chi connectivity index (χ3n) is 6.09. The molecule has 5 rings (SSSR count). The summed E-state index contributed by atoms with van der Waals surface area (Å²) in [5.74, 6) is 1.37. The maximum atomic E-state index is 13.0. The van der Waals surface area contributed by atoms with Gasteiger partial charge in [0, 0.05) is 44.2 Å². The molecular formula is C19H22N6O3. The van der Waals surface area contributed by atoms with Gasteiger partial charge in [0.15, 0.2) is 5.82 Å². The van der Waals surface area contributed by atoms with Crippen LogP contribution in [0.15, 0.2) is 16.9 Å². The van der Waals surface area contributed by atoms with Gasteiger partial charge in [0.25, 0.3) is 5.91 Å². The van der Waals surface area contributed by atoms with Crippen LogP contribution < -0.4 is 0 Å². The molecule has 2 atom stereocenters. The number of likely N-dealkylation sites (tertiary alicyclic amines) is 2. The molecule has 3 aliphatic rings. The molecule has 2 aliphatic heterocycles. The number of amides is 2. The van der Waals surface area contributed by atoms with Crippen LogP contribution >= 0.6 is 0 Å². The first-order valence-corrected chi connectivity index (χ1v) is 9.64. The zero-order chi connectivity index (χ0) is 19.5. The molecular weight excluding hydrogens is 360 g/mol. The fourth-order valence-electron chi connectivity index (χ4n) is 4.44. The molecule has 0 N–H and O–H groups in total. The van der Waals surface area contributed by atoms with E-state index in [0.717, 1.165) is 18.5 Å². The Bertz CT molecular complexity index is 937. The molecule has 9 nitrogen and oxygen atoms in total. The second-order valence-electron chi connectivity index (χ2n) is 8.22. The fourth-order valence-corrected chi connectivity index (χ4v) is 4.44. The largest absolute Gasteiger partial charge is 0.341 e. The third-order valence-corrected chi connectivity index (χ3v) is 6.09. The van der Waals surface area contributed by atoms with Crippen LogP contribution in [0.3, 0.4) is 0 Å². The second kappa shape index (κ2) is 6.08. The summed E-state index contributed by atoms with van der Waals surface area (Å²) in [6.07, 6.45) is 5.06. The molecule has 0 aromatic carbocycles. The molecule has 28 heavy (non-hydrogen) atoms. The lowest BCUT2D eigenvalue weighted by Crippen LogP contribution is -2.41. The average molecular weight is 382 g/mol. The van der Waals surface area contributed by atoms with E-state index in [1.54, 1.807) is 18.0 Å². The van der Waals surface area contributed by atoms with Gasteiger partial charge in [-0.05, 0) is 26.7 Å². The van der Waals surface area contributed by atoms with Crippen molar-refractivity contribution in [3.05, 3.63) is 35.5 Å². The number of hydrogen-bond donors (Lipinski definition) is 0. The monoisotopic (exact) mass is 382 g/mol. The fraction of sp³-hybridized carbons (Fsp3) is 0.579. The maximum absolute atomic E-state index is 13.0. The van der Waals surface area contributed by atoms with Crippen molar-refractivity contribution in [1.29, 1.82) is 0 Å². The topological polar surface area (TPSA) is 105 Å². The Balaban J connectivity index is 1.43. The summed E-state index contributed by atoms with van der Waals surface area (Å²) in [6.45, 7) is 5.70. The lowest BCUT2D eigenvalue weighted by atomic mass is 9.81. The molecule has 2 saturated heterocycles. The van der Waals surface area contributed by atoms with Gasteiger partial charge in [0.05, 0.1) is 17.3 Å². The number of aryl methyl sites for hydroxylation is 2. The van der Waals surface area contributed by atoms with Crippen LogP contribution in [0, 0.1) is 25.7 Å². The van der Waals surface area contributed by atoms with Crippen molar-refractivity contribution in [3.8, 4) is 0 Å². The van der Waals surface area contributed by atoms with Crippen molar-refractivity contribution < 1.29 is 14.1 Å².